The van der Waals surface area contributed by atoms with Gasteiger partial charge in [-0.1, -0.05) is 35.5 Å². The molecular weight excluding hydrogens is 268 g/mol. The molecule has 1 amide bonds. The maximum absolute atomic E-state index is 12.1. The van der Waals surface area contributed by atoms with Crippen LogP contribution in [0.1, 0.15) is 16.9 Å². The van der Waals surface area contributed by atoms with E-state index in [9.17, 15) is 4.79 Å². The number of benzene rings is 1. The van der Waals surface area contributed by atoms with Gasteiger partial charge in [0.1, 0.15) is 0 Å². The van der Waals surface area contributed by atoms with Gasteiger partial charge in [0.2, 0.25) is 0 Å². The van der Waals surface area contributed by atoms with Crippen LogP contribution in [0.3, 0.4) is 0 Å². The van der Waals surface area contributed by atoms with Crippen molar-refractivity contribution in [2.45, 2.75) is 12.5 Å². The first-order chi connectivity index (χ1) is 10.3. The zero-order chi connectivity index (χ0) is 14.7. The summed E-state index contributed by atoms with van der Waals surface area (Å²) in [6.45, 7) is 1.22. The SMILES string of the molecule is N#CN1CC[C@@H](NC(=O)c2cc(-c3ccccc3)on2)C1. The van der Waals surface area contributed by atoms with Gasteiger partial charge < -0.3 is 14.7 Å². The Morgan fingerprint density at radius 2 is 2.24 bits per heavy atom. The number of hydrogen-bond acceptors (Lipinski definition) is 5. The molecule has 2 heterocycles. The minimum Gasteiger partial charge on any atom is -0.355 e. The molecule has 2 aromatic rings. The topological polar surface area (TPSA) is 82.2 Å². The highest BCUT2D eigenvalue weighted by Gasteiger charge is 2.24. The van der Waals surface area contributed by atoms with E-state index in [2.05, 4.69) is 16.7 Å². The molecule has 3 rings (SSSR count). The van der Waals surface area contributed by atoms with Crippen LogP contribution < -0.4 is 5.32 Å². The summed E-state index contributed by atoms with van der Waals surface area (Å²) in [4.78, 5) is 13.7. The Hall–Kier alpha value is -2.81. The molecule has 0 radical (unpaired) electrons. The molecule has 1 aromatic carbocycles. The number of amides is 1. The average Bonchev–Trinajstić information content (AvgIpc) is 3.17. The molecule has 6 nitrogen and oxygen atoms in total. The van der Waals surface area contributed by atoms with Crippen molar-refractivity contribution in [3.63, 3.8) is 0 Å². The molecule has 1 aliphatic rings. The quantitative estimate of drug-likeness (QED) is 0.865. The molecule has 1 aromatic heterocycles. The van der Waals surface area contributed by atoms with Gasteiger partial charge in [0.25, 0.3) is 5.91 Å². The monoisotopic (exact) mass is 282 g/mol. The van der Waals surface area contributed by atoms with E-state index in [4.69, 9.17) is 9.78 Å². The Bertz CT molecular complexity index is 674. The van der Waals surface area contributed by atoms with Crippen molar-refractivity contribution in [3.8, 4) is 17.5 Å². The van der Waals surface area contributed by atoms with Crippen LogP contribution in [0, 0.1) is 11.5 Å². The highest BCUT2D eigenvalue weighted by molar-refractivity contribution is 5.93. The molecular formula is C15H14N4O2. The smallest absolute Gasteiger partial charge is 0.273 e. The fourth-order valence-corrected chi connectivity index (χ4v) is 2.35. The van der Waals surface area contributed by atoms with Gasteiger partial charge in [0.05, 0.1) is 0 Å². The van der Waals surface area contributed by atoms with Crippen LogP contribution in [0.2, 0.25) is 0 Å². The van der Waals surface area contributed by atoms with Crippen molar-refractivity contribution in [1.29, 1.82) is 5.26 Å². The molecule has 21 heavy (non-hydrogen) atoms. The molecule has 1 fully saturated rings. The summed E-state index contributed by atoms with van der Waals surface area (Å²) in [6.07, 6.45) is 2.85. The largest absolute Gasteiger partial charge is 0.355 e. The summed E-state index contributed by atoms with van der Waals surface area (Å²) >= 11 is 0. The predicted molar refractivity (Wildman–Crippen MR) is 75.0 cm³/mol. The van der Waals surface area contributed by atoms with Crippen LogP contribution in [0.5, 0.6) is 0 Å². The van der Waals surface area contributed by atoms with Crippen LogP contribution in [0.4, 0.5) is 0 Å². The van der Waals surface area contributed by atoms with Gasteiger partial charge in [-0.2, -0.15) is 5.26 Å². The molecule has 1 saturated heterocycles. The Balaban J connectivity index is 1.67. The van der Waals surface area contributed by atoms with Crippen molar-refractivity contribution in [2.24, 2.45) is 0 Å². The molecule has 0 spiro atoms. The van der Waals surface area contributed by atoms with Crippen molar-refractivity contribution in [3.05, 3.63) is 42.1 Å². The number of carbonyl (C=O) groups excluding carboxylic acids is 1. The zero-order valence-electron chi connectivity index (χ0n) is 11.3. The van der Waals surface area contributed by atoms with Crippen LogP contribution >= 0.6 is 0 Å². The summed E-state index contributed by atoms with van der Waals surface area (Å²) in [5.41, 5.74) is 1.13. The second kappa shape index (κ2) is 5.67. The summed E-state index contributed by atoms with van der Waals surface area (Å²) in [5.74, 6) is 0.288. The van der Waals surface area contributed by atoms with E-state index in [1.807, 2.05) is 30.3 Å². The van der Waals surface area contributed by atoms with Gasteiger partial charge in [-0.15, -0.1) is 0 Å². The lowest BCUT2D eigenvalue weighted by Gasteiger charge is -2.10. The van der Waals surface area contributed by atoms with Gasteiger partial charge in [0.15, 0.2) is 17.6 Å². The van der Waals surface area contributed by atoms with Crippen molar-refractivity contribution < 1.29 is 9.32 Å². The van der Waals surface area contributed by atoms with Gasteiger partial charge in [-0.25, -0.2) is 0 Å². The first kappa shape index (κ1) is 13.2. The van der Waals surface area contributed by atoms with E-state index in [1.165, 1.54) is 0 Å². The lowest BCUT2D eigenvalue weighted by atomic mass is 10.1. The molecule has 0 aliphatic carbocycles. The lowest BCUT2D eigenvalue weighted by molar-refractivity contribution is 0.0930. The molecule has 1 N–H and O–H groups in total. The number of aromatic nitrogens is 1. The number of likely N-dealkylation sites (tertiary alicyclic amines) is 1. The maximum atomic E-state index is 12.1. The van der Waals surface area contributed by atoms with Crippen molar-refractivity contribution in [2.75, 3.05) is 13.1 Å². The number of nitrogens with one attached hydrogen (secondary N) is 1. The van der Waals surface area contributed by atoms with Crippen LogP contribution in [0.15, 0.2) is 40.9 Å². The molecule has 1 aliphatic heterocycles. The third-order valence-corrected chi connectivity index (χ3v) is 3.47. The summed E-state index contributed by atoms with van der Waals surface area (Å²) in [5, 5.41) is 15.5. The van der Waals surface area contributed by atoms with E-state index in [1.54, 1.807) is 11.0 Å². The standard InChI is InChI=1S/C15H14N4O2/c16-10-19-7-6-12(9-19)17-15(20)13-8-14(21-18-13)11-4-2-1-3-5-11/h1-5,8,12H,6-7,9H2,(H,17,20)/t12-/m1/s1. The first-order valence-electron chi connectivity index (χ1n) is 6.74. The minimum atomic E-state index is -0.272. The first-order valence-corrected chi connectivity index (χ1v) is 6.74. The average molecular weight is 282 g/mol. The number of carbonyl (C=O) groups is 1. The molecule has 1 atom stereocenters. The Kier molecular flexibility index (Phi) is 3.56. The number of hydrogen-bond donors (Lipinski definition) is 1. The van der Waals surface area contributed by atoms with Crippen molar-refractivity contribution >= 4 is 5.91 Å². The lowest BCUT2D eigenvalue weighted by Crippen LogP contribution is -2.36. The fraction of sp³-hybridized carbons (Fsp3) is 0.267. The second-order valence-electron chi connectivity index (χ2n) is 4.95. The molecule has 106 valence electrons. The zero-order valence-corrected chi connectivity index (χ0v) is 11.3. The normalized spacial score (nSPS) is 17.5. The molecule has 0 bridgehead atoms. The highest BCUT2D eigenvalue weighted by atomic mass is 16.5. The Labute approximate surface area is 122 Å². The second-order valence-corrected chi connectivity index (χ2v) is 4.95. The maximum Gasteiger partial charge on any atom is 0.273 e. The fourth-order valence-electron chi connectivity index (χ4n) is 2.35. The highest BCUT2D eigenvalue weighted by Crippen LogP contribution is 2.19. The van der Waals surface area contributed by atoms with E-state index in [0.717, 1.165) is 12.0 Å². The number of nitriles is 1. The summed E-state index contributed by atoms with van der Waals surface area (Å²) in [6, 6.07) is 11.1. The van der Waals surface area contributed by atoms with Gasteiger partial charge in [-0.3, -0.25) is 4.79 Å². The third kappa shape index (κ3) is 2.87. The van der Waals surface area contributed by atoms with E-state index in [-0.39, 0.29) is 17.6 Å². The number of nitrogens with zero attached hydrogens (tertiary/aromatic N) is 3. The number of rotatable bonds is 3. The van der Waals surface area contributed by atoms with E-state index in [0.29, 0.717) is 18.8 Å². The predicted octanol–water partition coefficient (Wildman–Crippen LogP) is 1.63. The van der Waals surface area contributed by atoms with Crippen LogP contribution in [-0.2, 0) is 0 Å². The van der Waals surface area contributed by atoms with E-state index < -0.39 is 0 Å². The minimum absolute atomic E-state index is 0.0194. The van der Waals surface area contributed by atoms with Gasteiger partial charge in [0, 0.05) is 30.8 Å². The van der Waals surface area contributed by atoms with E-state index >= 15 is 0 Å². The van der Waals surface area contributed by atoms with Crippen LogP contribution in [0.25, 0.3) is 11.3 Å². The molecule has 0 saturated carbocycles. The Morgan fingerprint density at radius 3 is 2.95 bits per heavy atom. The summed E-state index contributed by atoms with van der Waals surface area (Å²) < 4.78 is 5.21. The molecule has 0 unspecified atom stereocenters. The third-order valence-electron chi connectivity index (χ3n) is 3.47. The Morgan fingerprint density at radius 1 is 1.43 bits per heavy atom. The van der Waals surface area contributed by atoms with Gasteiger partial charge >= 0.3 is 0 Å². The van der Waals surface area contributed by atoms with Crippen LogP contribution in [-0.4, -0.2) is 35.1 Å². The summed E-state index contributed by atoms with van der Waals surface area (Å²) in [7, 11) is 0. The molecule has 6 heteroatoms. The van der Waals surface area contributed by atoms with Gasteiger partial charge in [-0.05, 0) is 6.42 Å². The van der Waals surface area contributed by atoms with Crippen molar-refractivity contribution in [1.82, 2.24) is 15.4 Å².